The number of benzene rings is 1. The second kappa shape index (κ2) is 6.07. The minimum atomic E-state index is -0.783. The van der Waals surface area contributed by atoms with Gasteiger partial charge in [0.05, 0.1) is 22.0 Å². The highest BCUT2D eigenvalue weighted by atomic mass is 35.5. The lowest BCUT2D eigenvalue weighted by molar-refractivity contribution is -0.141. The van der Waals surface area contributed by atoms with Gasteiger partial charge in [0.1, 0.15) is 0 Å². The lowest BCUT2D eigenvalue weighted by atomic mass is 10.1. The van der Waals surface area contributed by atoms with Gasteiger partial charge in [0.25, 0.3) is 0 Å². The van der Waals surface area contributed by atoms with E-state index in [2.05, 4.69) is 0 Å². The lowest BCUT2D eigenvalue weighted by Crippen LogP contribution is -2.41. The molecule has 0 aliphatic carbocycles. The summed E-state index contributed by atoms with van der Waals surface area (Å²) in [6, 6.07) is 4.90. The molecule has 2 heterocycles. The van der Waals surface area contributed by atoms with Crippen molar-refractivity contribution in [3.05, 3.63) is 28.2 Å². The Hall–Kier alpha value is -1.30. The highest BCUT2D eigenvalue weighted by Gasteiger charge is 2.41. The normalized spacial score (nSPS) is 25.9. The van der Waals surface area contributed by atoms with Crippen LogP contribution in [0.1, 0.15) is 12.8 Å². The van der Waals surface area contributed by atoms with Crippen LogP contribution < -0.4 is 4.90 Å². The summed E-state index contributed by atoms with van der Waals surface area (Å²) < 4.78 is 0. The Labute approximate surface area is 138 Å². The Bertz CT molecular complexity index is 623. The number of carbonyl (C=O) groups is 2. The Morgan fingerprint density at radius 1 is 1.18 bits per heavy atom. The Morgan fingerprint density at radius 2 is 1.95 bits per heavy atom. The quantitative estimate of drug-likeness (QED) is 0.916. The summed E-state index contributed by atoms with van der Waals surface area (Å²) >= 11 is 11.9. The molecule has 0 radical (unpaired) electrons. The SMILES string of the molecule is O=C(O)C1CCN(C2CCN(c3ccc(Cl)c(Cl)c3)C2=O)C1. The van der Waals surface area contributed by atoms with Crippen LogP contribution in [-0.4, -0.2) is 47.6 Å². The van der Waals surface area contributed by atoms with Crippen LogP contribution in [0.15, 0.2) is 18.2 Å². The summed E-state index contributed by atoms with van der Waals surface area (Å²) in [6.07, 6.45) is 1.30. The van der Waals surface area contributed by atoms with Gasteiger partial charge in [-0.05, 0) is 37.6 Å². The van der Waals surface area contributed by atoms with E-state index >= 15 is 0 Å². The average Bonchev–Trinajstić information content (AvgIpc) is 3.08. The molecule has 5 nitrogen and oxygen atoms in total. The van der Waals surface area contributed by atoms with Crippen LogP contribution in [-0.2, 0) is 9.59 Å². The number of nitrogens with zero attached hydrogens (tertiary/aromatic N) is 2. The van der Waals surface area contributed by atoms with Crippen molar-refractivity contribution in [2.45, 2.75) is 18.9 Å². The largest absolute Gasteiger partial charge is 0.481 e. The molecular formula is C15H16Cl2N2O3. The molecule has 0 bridgehead atoms. The average molecular weight is 343 g/mol. The van der Waals surface area contributed by atoms with Gasteiger partial charge < -0.3 is 10.0 Å². The molecule has 0 saturated carbocycles. The van der Waals surface area contributed by atoms with E-state index in [4.69, 9.17) is 28.3 Å². The van der Waals surface area contributed by atoms with E-state index in [0.717, 1.165) is 5.69 Å². The van der Waals surface area contributed by atoms with Crippen molar-refractivity contribution < 1.29 is 14.7 Å². The molecule has 2 atom stereocenters. The number of carboxylic acid groups (broad SMARTS) is 1. The molecule has 2 aliphatic rings. The molecule has 0 aromatic heterocycles. The summed E-state index contributed by atoms with van der Waals surface area (Å²) in [6.45, 7) is 1.71. The summed E-state index contributed by atoms with van der Waals surface area (Å²) in [4.78, 5) is 27.4. The molecule has 1 N–H and O–H groups in total. The van der Waals surface area contributed by atoms with Crippen LogP contribution in [0, 0.1) is 5.92 Å². The molecule has 118 valence electrons. The minimum absolute atomic E-state index is 0.00410. The number of rotatable bonds is 3. The van der Waals surface area contributed by atoms with Crippen LogP contribution in [0.4, 0.5) is 5.69 Å². The maximum atomic E-state index is 12.6. The number of anilines is 1. The number of aliphatic carboxylic acids is 1. The molecule has 2 saturated heterocycles. The second-order valence-corrected chi connectivity index (χ2v) is 6.53. The third-order valence-electron chi connectivity index (χ3n) is 4.40. The molecule has 2 aliphatic heterocycles. The maximum Gasteiger partial charge on any atom is 0.307 e. The zero-order valence-electron chi connectivity index (χ0n) is 11.8. The number of carboxylic acids is 1. The molecule has 2 unspecified atom stereocenters. The zero-order valence-corrected chi connectivity index (χ0v) is 13.3. The van der Waals surface area contributed by atoms with E-state index in [0.29, 0.717) is 42.5 Å². The van der Waals surface area contributed by atoms with Crippen LogP contribution in [0.3, 0.4) is 0 Å². The summed E-state index contributed by atoms with van der Waals surface area (Å²) in [7, 11) is 0. The number of halogens is 2. The van der Waals surface area contributed by atoms with E-state index in [1.165, 1.54) is 0 Å². The minimum Gasteiger partial charge on any atom is -0.481 e. The topological polar surface area (TPSA) is 60.9 Å². The highest BCUT2D eigenvalue weighted by Crippen LogP contribution is 2.32. The van der Waals surface area contributed by atoms with Gasteiger partial charge in [-0.2, -0.15) is 0 Å². The van der Waals surface area contributed by atoms with Gasteiger partial charge in [0.2, 0.25) is 5.91 Å². The predicted octanol–water partition coefficient (Wildman–Crippen LogP) is 2.51. The number of amides is 1. The van der Waals surface area contributed by atoms with E-state index < -0.39 is 5.97 Å². The first-order valence-corrected chi connectivity index (χ1v) is 7.96. The van der Waals surface area contributed by atoms with Gasteiger partial charge in [-0.1, -0.05) is 23.2 Å². The number of hydrogen-bond acceptors (Lipinski definition) is 3. The third kappa shape index (κ3) is 2.81. The predicted molar refractivity (Wildman–Crippen MR) is 84.5 cm³/mol. The van der Waals surface area contributed by atoms with Gasteiger partial charge in [-0.25, -0.2) is 0 Å². The fourth-order valence-electron chi connectivity index (χ4n) is 3.18. The van der Waals surface area contributed by atoms with Crippen LogP contribution >= 0.6 is 23.2 Å². The van der Waals surface area contributed by atoms with Crippen molar-refractivity contribution in [2.24, 2.45) is 5.92 Å². The summed E-state index contributed by atoms with van der Waals surface area (Å²) in [5.74, 6) is -1.15. The Kier molecular flexibility index (Phi) is 4.30. The monoisotopic (exact) mass is 342 g/mol. The number of likely N-dealkylation sites (tertiary alicyclic amines) is 1. The Balaban J connectivity index is 1.72. The van der Waals surface area contributed by atoms with Crippen LogP contribution in [0.5, 0.6) is 0 Å². The molecule has 2 fully saturated rings. The van der Waals surface area contributed by atoms with E-state index in [9.17, 15) is 9.59 Å². The van der Waals surface area contributed by atoms with Gasteiger partial charge in [-0.15, -0.1) is 0 Å². The van der Waals surface area contributed by atoms with E-state index in [-0.39, 0.29) is 17.9 Å². The van der Waals surface area contributed by atoms with Crippen LogP contribution in [0.25, 0.3) is 0 Å². The molecule has 1 aromatic rings. The summed E-state index contributed by atoms with van der Waals surface area (Å²) in [5, 5.41) is 9.95. The Morgan fingerprint density at radius 3 is 2.59 bits per heavy atom. The molecular weight excluding hydrogens is 327 g/mol. The number of hydrogen-bond donors (Lipinski definition) is 1. The number of carbonyl (C=O) groups excluding carboxylic acids is 1. The molecule has 7 heteroatoms. The van der Waals surface area contributed by atoms with E-state index in [1.807, 2.05) is 4.90 Å². The van der Waals surface area contributed by atoms with Gasteiger partial charge >= 0.3 is 5.97 Å². The summed E-state index contributed by atoms with van der Waals surface area (Å²) in [5.41, 5.74) is 0.732. The molecule has 1 amide bonds. The van der Waals surface area contributed by atoms with Crippen molar-refractivity contribution in [1.82, 2.24) is 4.90 Å². The maximum absolute atomic E-state index is 12.6. The molecule has 3 rings (SSSR count). The van der Waals surface area contributed by atoms with Crippen molar-refractivity contribution >= 4 is 40.8 Å². The first-order chi connectivity index (χ1) is 10.5. The lowest BCUT2D eigenvalue weighted by Gasteiger charge is -2.23. The van der Waals surface area contributed by atoms with Crippen molar-refractivity contribution in [1.29, 1.82) is 0 Å². The third-order valence-corrected chi connectivity index (χ3v) is 5.14. The van der Waals surface area contributed by atoms with E-state index in [1.54, 1.807) is 23.1 Å². The van der Waals surface area contributed by atoms with Gasteiger partial charge in [-0.3, -0.25) is 14.5 Å². The smallest absolute Gasteiger partial charge is 0.307 e. The first kappa shape index (κ1) is 15.6. The van der Waals surface area contributed by atoms with Crippen molar-refractivity contribution in [3.8, 4) is 0 Å². The van der Waals surface area contributed by atoms with Gasteiger partial charge in [0.15, 0.2) is 0 Å². The first-order valence-electron chi connectivity index (χ1n) is 7.20. The fraction of sp³-hybridized carbons (Fsp3) is 0.467. The second-order valence-electron chi connectivity index (χ2n) is 5.71. The highest BCUT2D eigenvalue weighted by molar-refractivity contribution is 6.42. The molecule has 1 aromatic carbocycles. The van der Waals surface area contributed by atoms with Crippen LogP contribution in [0.2, 0.25) is 10.0 Å². The molecule has 22 heavy (non-hydrogen) atoms. The van der Waals surface area contributed by atoms with Crippen molar-refractivity contribution in [3.63, 3.8) is 0 Å². The standard InChI is InChI=1S/C15H16Cl2N2O3/c16-11-2-1-10(7-12(11)17)19-6-4-13(14(19)20)18-5-3-9(8-18)15(21)22/h1-2,7,9,13H,3-6,8H2,(H,21,22). The fourth-order valence-corrected chi connectivity index (χ4v) is 3.48. The van der Waals surface area contributed by atoms with Gasteiger partial charge in [0, 0.05) is 18.8 Å². The molecule has 0 spiro atoms. The zero-order chi connectivity index (χ0) is 15.9. The van der Waals surface area contributed by atoms with Crippen molar-refractivity contribution in [2.75, 3.05) is 24.5 Å².